The highest BCUT2D eigenvalue weighted by molar-refractivity contribution is 9.10. The molecule has 5 N–H and O–H groups in total. The molecule has 21 heavy (non-hydrogen) atoms. The lowest BCUT2D eigenvalue weighted by atomic mass is 10.1. The van der Waals surface area contributed by atoms with Gasteiger partial charge in [0.1, 0.15) is 0 Å². The van der Waals surface area contributed by atoms with Crippen molar-refractivity contribution in [2.75, 3.05) is 11.1 Å². The van der Waals surface area contributed by atoms with Gasteiger partial charge in [0.25, 0.3) is 0 Å². The Hall–Kier alpha value is -1.57. The molecule has 5 nitrogen and oxygen atoms in total. The molecule has 0 saturated carbocycles. The predicted molar refractivity (Wildman–Crippen MR) is 89.0 cm³/mol. The number of hydrogen-bond donors (Lipinski definition) is 3. The summed E-state index contributed by atoms with van der Waals surface area (Å²) in [5, 5.41) is 8.33. The molecule has 0 bridgehead atoms. The SMILES string of the molecule is CCc1cc(Br)ccc1Nc1cc(N)cc(S(N)(=O)=O)c1. The van der Waals surface area contributed by atoms with E-state index < -0.39 is 10.0 Å². The predicted octanol–water partition coefficient (Wildman–Crippen LogP) is 2.98. The fourth-order valence-electron chi connectivity index (χ4n) is 1.99. The van der Waals surface area contributed by atoms with Gasteiger partial charge in [-0.1, -0.05) is 22.9 Å². The molecule has 0 aliphatic carbocycles. The van der Waals surface area contributed by atoms with E-state index in [1.54, 1.807) is 6.07 Å². The van der Waals surface area contributed by atoms with E-state index in [2.05, 4.69) is 21.2 Å². The molecule has 0 saturated heterocycles. The van der Waals surface area contributed by atoms with Crippen LogP contribution in [0, 0.1) is 0 Å². The zero-order valence-corrected chi connectivity index (χ0v) is 13.8. The van der Waals surface area contributed by atoms with Crippen molar-refractivity contribution < 1.29 is 8.42 Å². The van der Waals surface area contributed by atoms with E-state index in [-0.39, 0.29) is 4.90 Å². The second kappa shape index (κ2) is 6.05. The van der Waals surface area contributed by atoms with Gasteiger partial charge < -0.3 is 11.1 Å². The van der Waals surface area contributed by atoms with Crippen molar-refractivity contribution in [1.29, 1.82) is 0 Å². The van der Waals surface area contributed by atoms with E-state index >= 15 is 0 Å². The fraction of sp³-hybridized carbons (Fsp3) is 0.143. The van der Waals surface area contributed by atoms with Crippen LogP contribution in [0.2, 0.25) is 0 Å². The van der Waals surface area contributed by atoms with Crippen LogP contribution in [0.3, 0.4) is 0 Å². The third kappa shape index (κ3) is 3.96. The molecule has 0 unspecified atom stereocenters. The van der Waals surface area contributed by atoms with Crippen molar-refractivity contribution in [2.45, 2.75) is 18.2 Å². The topological polar surface area (TPSA) is 98.2 Å². The summed E-state index contributed by atoms with van der Waals surface area (Å²) in [6, 6.07) is 10.3. The number of primary sulfonamides is 1. The van der Waals surface area contributed by atoms with E-state index in [0.29, 0.717) is 11.4 Å². The maximum atomic E-state index is 11.4. The summed E-state index contributed by atoms with van der Waals surface area (Å²) in [5.74, 6) is 0. The highest BCUT2D eigenvalue weighted by atomic mass is 79.9. The number of halogens is 1. The largest absolute Gasteiger partial charge is 0.399 e. The van der Waals surface area contributed by atoms with Crippen LogP contribution >= 0.6 is 15.9 Å². The summed E-state index contributed by atoms with van der Waals surface area (Å²) >= 11 is 3.43. The Balaban J connectivity index is 2.43. The van der Waals surface area contributed by atoms with Gasteiger partial charge in [0, 0.05) is 21.5 Å². The lowest BCUT2D eigenvalue weighted by Gasteiger charge is -2.13. The number of benzene rings is 2. The average Bonchev–Trinajstić information content (AvgIpc) is 2.39. The fourth-order valence-corrected chi connectivity index (χ4v) is 2.99. The molecule has 7 heteroatoms. The molecule has 0 aliphatic rings. The van der Waals surface area contributed by atoms with Gasteiger partial charge in [0.15, 0.2) is 0 Å². The average molecular weight is 370 g/mol. The minimum absolute atomic E-state index is 0.0137. The molecule has 0 spiro atoms. The van der Waals surface area contributed by atoms with Crippen LogP contribution in [0.5, 0.6) is 0 Å². The van der Waals surface area contributed by atoms with Crippen LogP contribution in [-0.2, 0) is 16.4 Å². The molecule has 0 heterocycles. The summed E-state index contributed by atoms with van der Waals surface area (Å²) < 4.78 is 23.9. The van der Waals surface area contributed by atoms with Gasteiger partial charge in [0.2, 0.25) is 10.0 Å². The Labute approximate surface area is 132 Å². The summed E-state index contributed by atoms with van der Waals surface area (Å²) in [7, 11) is -3.79. The summed E-state index contributed by atoms with van der Waals surface area (Å²) in [6.07, 6.45) is 0.839. The maximum Gasteiger partial charge on any atom is 0.238 e. The van der Waals surface area contributed by atoms with E-state index in [0.717, 1.165) is 22.1 Å². The number of aryl methyl sites for hydroxylation is 1. The van der Waals surface area contributed by atoms with E-state index in [1.165, 1.54) is 12.1 Å². The Morgan fingerprint density at radius 1 is 1.19 bits per heavy atom. The number of nitrogens with one attached hydrogen (secondary N) is 1. The summed E-state index contributed by atoms with van der Waals surface area (Å²) in [4.78, 5) is -0.0137. The molecule has 2 rings (SSSR count). The van der Waals surface area contributed by atoms with E-state index in [1.807, 2.05) is 25.1 Å². The minimum Gasteiger partial charge on any atom is -0.399 e. The highest BCUT2D eigenvalue weighted by Crippen LogP contribution is 2.27. The van der Waals surface area contributed by atoms with Crippen molar-refractivity contribution >= 4 is 43.0 Å². The third-order valence-corrected chi connectivity index (χ3v) is 4.37. The molecule has 0 aromatic heterocycles. The van der Waals surface area contributed by atoms with Crippen LogP contribution in [0.1, 0.15) is 12.5 Å². The van der Waals surface area contributed by atoms with Gasteiger partial charge >= 0.3 is 0 Å². The number of nitrogen functional groups attached to an aromatic ring is 1. The van der Waals surface area contributed by atoms with Gasteiger partial charge in [-0.05, 0) is 48.4 Å². The van der Waals surface area contributed by atoms with Crippen molar-refractivity contribution in [3.63, 3.8) is 0 Å². The molecule has 2 aromatic rings. The van der Waals surface area contributed by atoms with Gasteiger partial charge in [0.05, 0.1) is 4.90 Å². The first-order chi connectivity index (χ1) is 9.79. The van der Waals surface area contributed by atoms with E-state index in [9.17, 15) is 8.42 Å². The van der Waals surface area contributed by atoms with Crippen LogP contribution in [0.15, 0.2) is 45.8 Å². The first kappa shape index (κ1) is 15.8. The zero-order valence-electron chi connectivity index (χ0n) is 11.4. The van der Waals surface area contributed by atoms with Gasteiger partial charge in [-0.15, -0.1) is 0 Å². The zero-order chi connectivity index (χ0) is 15.6. The summed E-state index contributed by atoms with van der Waals surface area (Å²) in [6.45, 7) is 2.04. The monoisotopic (exact) mass is 369 g/mol. The first-order valence-corrected chi connectivity index (χ1v) is 8.62. The van der Waals surface area contributed by atoms with Crippen molar-refractivity contribution in [3.8, 4) is 0 Å². The molecule has 0 amide bonds. The lowest BCUT2D eigenvalue weighted by Crippen LogP contribution is -2.12. The second-order valence-corrected chi connectivity index (χ2v) is 7.09. The molecule has 112 valence electrons. The highest BCUT2D eigenvalue weighted by Gasteiger charge is 2.11. The Bertz CT molecular complexity index is 776. The number of rotatable bonds is 4. The van der Waals surface area contributed by atoms with Gasteiger partial charge in [-0.25, -0.2) is 13.6 Å². The standard InChI is InChI=1S/C14H16BrN3O2S/c1-2-9-5-10(15)3-4-14(9)18-12-6-11(16)7-13(8-12)21(17,19)20/h3-8,18H,2,16H2,1H3,(H2,17,19,20). The van der Waals surface area contributed by atoms with Crippen LogP contribution in [0.4, 0.5) is 17.1 Å². The maximum absolute atomic E-state index is 11.4. The van der Waals surface area contributed by atoms with E-state index in [4.69, 9.17) is 10.9 Å². The molecule has 0 radical (unpaired) electrons. The minimum atomic E-state index is -3.79. The normalized spacial score (nSPS) is 11.4. The molecule has 2 aromatic carbocycles. The number of hydrogen-bond acceptors (Lipinski definition) is 4. The number of sulfonamides is 1. The summed E-state index contributed by atoms with van der Waals surface area (Å²) in [5.41, 5.74) is 8.65. The Morgan fingerprint density at radius 2 is 1.90 bits per heavy atom. The van der Waals surface area contributed by atoms with Crippen LogP contribution in [-0.4, -0.2) is 8.42 Å². The van der Waals surface area contributed by atoms with Gasteiger partial charge in [-0.3, -0.25) is 0 Å². The molecular formula is C14H16BrN3O2S. The smallest absolute Gasteiger partial charge is 0.238 e. The Morgan fingerprint density at radius 3 is 2.52 bits per heavy atom. The second-order valence-electron chi connectivity index (χ2n) is 4.62. The Kier molecular flexibility index (Phi) is 4.55. The quantitative estimate of drug-likeness (QED) is 0.721. The van der Waals surface area contributed by atoms with Crippen LogP contribution < -0.4 is 16.2 Å². The van der Waals surface area contributed by atoms with Crippen molar-refractivity contribution in [2.24, 2.45) is 5.14 Å². The molecule has 0 aliphatic heterocycles. The molecular weight excluding hydrogens is 354 g/mol. The lowest BCUT2D eigenvalue weighted by molar-refractivity contribution is 0.598. The third-order valence-electron chi connectivity index (χ3n) is 2.98. The first-order valence-electron chi connectivity index (χ1n) is 6.28. The van der Waals surface area contributed by atoms with Crippen molar-refractivity contribution in [1.82, 2.24) is 0 Å². The van der Waals surface area contributed by atoms with Crippen LogP contribution in [0.25, 0.3) is 0 Å². The van der Waals surface area contributed by atoms with Crippen molar-refractivity contribution in [3.05, 3.63) is 46.4 Å². The number of anilines is 3. The molecule has 0 fully saturated rings. The number of nitrogens with two attached hydrogens (primary N) is 2. The van der Waals surface area contributed by atoms with Gasteiger partial charge in [-0.2, -0.15) is 0 Å². The molecule has 0 atom stereocenters.